The maximum absolute atomic E-state index is 13.4. The zero-order valence-electron chi connectivity index (χ0n) is 21.1. The number of rotatable bonds is 9. The van der Waals surface area contributed by atoms with Crippen LogP contribution in [0.15, 0.2) is 77.7 Å². The molecule has 0 radical (unpaired) electrons. The van der Waals surface area contributed by atoms with Crippen molar-refractivity contribution in [2.75, 3.05) is 41.9 Å². The molecule has 1 aliphatic heterocycles. The molecule has 0 spiro atoms. The Balaban J connectivity index is 1.64. The van der Waals surface area contributed by atoms with Gasteiger partial charge in [0.25, 0.3) is 5.91 Å². The third-order valence-corrected chi connectivity index (χ3v) is 7.37. The highest BCUT2D eigenvalue weighted by Crippen LogP contribution is 2.38. The number of thiocarbonyl (C=S) groups is 1. The summed E-state index contributed by atoms with van der Waals surface area (Å²) in [6.45, 7) is 6.53. The van der Waals surface area contributed by atoms with E-state index in [0.717, 1.165) is 47.0 Å². The van der Waals surface area contributed by atoms with Crippen LogP contribution < -0.4 is 19.4 Å². The molecule has 1 saturated heterocycles. The normalized spacial score (nSPS) is 14.4. The maximum Gasteiger partial charge on any atom is 0.270 e. The predicted molar refractivity (Wildman–Crippen MR) is 157 cm³/mol. The van der Waals surface area contributed by atoms with Gasteiger partial charge in [0, 0.05) is 50.2 Å². The van der Waals surface area contributed by atoms with Crippen molar-refractivity contribution >= 4 is 57.3 Å². The van der Waals surface area contributed by atoms with Crippen LogP contribution in [0.3, 0.4) is 0 Å². The van der Waals surface area contributed by atoms with Crippen molar-refractivity contribution < 1.29 is 9.53 Å². The number of carbonyl (C=O) groups is 1. The summed E-state index contributed by atoms with van der Waals surface area (Å²) in [5.74, 6) is 0.619. The largest absolute Gasteiger partial charge is 0.488 e. The molecule has 1 fully saturated rings. The Kier molecular flexibility index (Phi) is 8.33. The molecule has 3 aromatic rings. The van der Waals surface area contributed by atoms with Crippen LogP contribution in [0.2, 0.25) is 0 Å². The molecule has 0 N–H and O–H groups in total. The minimum Gasteiger partial charge on any atom is -0.488 e. The van der Waals surface area contributed by atoms with Crippen LogP contribution in [-0.2, 0) is 11.4 Å². The lowest BCUT2D eigenvalue weighted by Crippen LogP contribution is -2.27. The number of hydrogen-bond donors (Lipinski definition) is 0. The second-order valence-electron chi connectivity index (χ2n) is 8.60. The van der Waals surface area contributed by atoms with Gasteiger partial charge in [-0.05, 0) is 61.9 Å². The summed E-state index contributed by atoms with van der Waals surface area (Å²) >= 11 is 6.91. The van der Waals surface area contributed by atoms with Crippen LogP contribution in [-0.4, -0.2) is 37.4 Å². The number of amides is 1. The lowest BCUT2D eigenvalue weighted by Gasteiger charge is -2.22. The topological polar surface area (TPSA) is 36.0 Å². The predicted octanol–water partition coefficient (Wildman–Crippen LogP) is 6.58. The Labute approximate surface area is 223 Å². The minimum absolute atomic E-state index is 0.121. The van der Waals surface area contributed by atoms with Crippen LogP contribution in [0.5, 0.6) is 5.75 Å². The summed E-state index contributed by atoms with van der Waals surface area (Å²) in [5, 5.41) is 0. The number of carbonyl (C=O) groups excluding carboxylic acids is 1. The van der Waals surface area contributed by atoms with Crippen LogP contribution in [0.4, 0.5) is 17.1 Å². The van der Waals surface area contributed by atoms with E-state index >= 15 is 0 Å². The molecule has 0 aromatic heterocycles. The smallest absolute Gasteiger partial charge is 0.270 e. The highest BCUT2D eigenvalue weighted by Gasteiger charge is 2.33. The molecule has 4 rings (SSSR count). The van der Waals surface area contributed by atoms with Gasteiger partial charge in [0.1, 0.15) is 12.4 Å². The summed E-state index contributed by atoms with van der Waals surface area (Å²) < 4.78 is 6.80. The van der Waals surface area contributed by atoms with E-state index < -0.39 is 0 Å². The second kappa shape index (κ2) is 11.6. The van der Waals surface area contributed by atoms with E-state index in [2.05, 4.69) is 30.9 Å². The summed E-state index contributed by atoms with van der Waals surface area (Å²) in [6.07, 6.45) is 1.89. The average Bonchev–Trinajstić information content (AvgIpc) is 3.17. The third-order valence-electron chi connectivity index (χ3n) is 6.07. The van der Waals surface area contributed by atoms with Gasteiger partial charge in [-0.1, -0.05) is 54.3 Å². The first-order valence-corrected chi connectivity index (χ1v) is 13.2. The van der Waals surface area contributed by atoms with Crippen molar-refractivity contribution in [2.24, 2.45) is 0 Å². The fourth-order valence-electron chi connectivity index (χ4n) is 4.02. The lowest BCUT2D eigenvalue weighted by molar-refractivity contribution is -0.113. The van der Waals surface area contributed by atoms with Crippen LogP contribution in [0.25, 0.3) is 6.08 Å². The quantitative estimate of drug-likeness (QED) is 0.236. The van der Waals surface area contributed by atoms with Crippen LogP contribution in [0, 0.1) is 0 Å². The maximum atomic E-state index is 13.4. The van der Waals surface area contributed by atoms with Crippen LogP contribution in [0.1, 0.15) is 25.0 Å². The third kappa shape index (κ3) is 5.74. The van der Waals surface area contributed by atoms with E-state index in [9.17, 15) is 4.79 Å². The highest BCUT2D eigenvalue weighted by atomic mass is 32.2. The zero-order valence-corrected chi connectivity index (χ0v) is 22.7. The SMILES string of the molecule is CCN(CC)c1ccc(/C=C2/SC(=S)N(c3ccc(N(C)C)cc3)C2=O)c(OCc2ccccc2)c1. The molecule has 1 heterocycles. The molecule has 0 unspecified atom stereocenters. The number of nitrogens with zero attached hydrogens (tertiary/aromatic N) is 3. The number of hydrogen-bond acceptors (Lipinski definition) is 6. The molecular weight excluding hydrogens is 486 g/mol. The second-order valence-corrected chi connectivity index (χ2v) is 10.3. The van der Waals surface area contributed by atoms with Crippen molar-refractivity contribution in [1.29, 1.82) is 0 Å². The van der Waals surface area contributed by atoms with E-state index in [1.165, 1.54) is 11.8 Å². The van der Waals surface area contributed by atoms with Gasteiger partial charge < -0.3 is 14.5 Å². The lowest BCUT2D eigenvalue weighted by atomic mass is 10.1. The van der Waals surface area contributed by atoms with E-state index in [1.54, 1.807) is 4.90 Å². The van der Waals surface area contributed by atoms with Gasteiger partial charge in [-0.3, -0.25) is 9.69 Å². The average molecular weight is 518 g/mol. The fourth-order valence-corrected chi connectivity index (χ4v) is 5.31. The molecule has 5 nitrogen and oxygen atoms in total. The summed E-state index contributed by atoms with van der Waals surface area (Å²) in [7, 11) is 3.97. The molecule has 0 aliphatic carbocycles. The van der Waals surface area contributed by atoms with Crippen molar-refractivity contribution in [3.63, 3.8) is 0 Å². The standard InChI is InChI=1S/C29H31N3O2S2/c1-5-31(6-2)25-13-12-22(26(19-25)34-20-21-10-8-7-9-11-21)18-27-28(33)32(29(35)36-27)24-16-14-23(15-17-24)30(3)4/h7-19H,5-6,20H2,1-4H3/b27-18+. The first-order chi connectivity index (χ1) is 17.4. The van der Waals surface area contributed by atoms with Gasteiger partial charge in [-0.15, -0.1) is 0 Å². The Morgan fingerprint density at radius 2 is 1.61 bits per heavy atom. The first-order valence-electron chi connectivity index (χ1n) is 12.0. The molecule has 3 aromatic carbocycles. The fraction of sp³-hybridized carbons (Fsp3) is 0.241. The molecule has 0 saturated carbocycles. The van der Waals surface area contributed by atoms with Crippen molar-refractivity contribution in [1.82, 2.24) is 0 Å². The Morgan fingerprint density at radius 3 is 2.25 bits per heavy atom. The van der Waals surface area contributed by atoms with Crippen molar-refractivity contribution in [2.45, 2.75) is 20.5 Å². The molecule has 1 amide bonds. The molecule has 36 heavy (non-hydrogen) atoms. The zero-order chi connectivity index (χ0) is 25.7. The molecule has 0 atom stereocenters. The number of benzene rings is 3. The molecule has 0 bridgehead atoms. The van der Waals surface area contributed by atoms with Crippen molar-refractivity contribution in [3.05, 3.63) is 88.8 Å². The number of anilines is 3. The van der Waals surface area contributed by atoms with Gasteiger partial charge in [0.2, 0.25) is 0 Å². The summed E-state index contributed by atoms with van der Waals surface area (Å²) in [6, 6.07) is 24.1. The highest BCUT2D eigenvalue weighted by molar-refractivity contribution is 8.27. The Hall–Kier alpha value is -3.29. The van der Waals surface area contributed by atoms with Gasteiger partial charge in [0.05, 0.1) is 10.6 Å². The monoisotopic (exact) mass is 517 g/mol. The van der Waals surface area contributed by atoms with Gasteiger partial charge in [-0.2, -0.15) is 0 Å². The van der Waals surface area contributed by atoms with Gasteiger partial charge in [-0.25, -0.2) is 0 Å². The van der Waals surface area contributed by atoms with E-state index in [-0.39, 0.29) is 5.91 Å². The van der Waals surface area contributed by atoms with E-state index in [1.807, 2.05) is 85.7 Å². The van der Waals surface area contributed by atoms with Crippen LogP contribution >= 0.6 is 24.0 Å². The van der Waals surface area contributed by atoms with Gasteiger partial charge in [0.15, 0.2) is 4.32 Å². The van der Waals surface area contributed by atoms with Gasteiger partial charge >= 0.3 is 0 Å². The van der Waals surface area contributed by atoms with E-state index in [4.69, 9.17) is 17.0 Å². The minimum atomic E-state index is -0.121. The first kappa shape index (κ1) is 25.8. The Morgan fingerprint density at radius 1 is 0.944 bits per heavy atom. The molecular formula is C29H31N3O2S2. The molecule has 186 valence electrons. The summed E-state index contributed by atoms with van der Waals surface area (Å²) in [4.78, 5) is 19.9. The van der Waals surface area contributed by atoms with Crippen molar-refractivity contribution in [3.8, 4) is 5.75 Å². The Bertz CT molecular complexity index is 1250. The number of thioether (sulfide) groups is 1. The summed E-state index contributed by atoms with van der Waals surface area (Å²) in [5.41, 5.74) is 4.86. The van der Waals surface area contributed by atoms with E-state index in [0.29, 0.717) is 15.8 Å². The molecule has 1 aliphatic rings. The number of ether oxygens (including phenoxy) is 1. The molecule has 7 heteroatoms.